The standard InChI is InChI=1S/C28H30N2O3/c1-3-4-5-6-7-17-32-24-14-12-21(13-15-24)27(31)29-23-10-8-9-22(19-23)28-30-25-18-20(2)11-16-26(25)33-28/h8-16,18-19H,3-7,17H2,1-2H3,(H,29,31). The lowest BCUT2D eigenvalue weighted by Gasteiger charge is -2.09. The van der Waals surface area contributed by atoms with E-state index in [-0.39, 0.29) is 5.91 Å². The van der Waals surface area contributed by atoms with Crippen molar-refractivity contribution in [1.29, 1.82) is 0 Å². The number of rotatable bonds is 10. The quantitative estimate of drug-likeness (QED) is 0.260. The molecule has 170 valence electrons. The molecule has 0 radical (unpaired) electrons. The lowest BCUT2D eigenvalue weighted by atomic mass is 10.1. The third-order valence-corrected chi connectivity index (χ3v) is 5.54. The topological polar surface area (TPSA) is 64.4 Å². The fourth-order valence-corrected chi connectivity index (χ4v) is 3.69. The summed E-state index contributed by atoms with van der Waals surface area (Å²) >= 11 is 0. The molecular weight excluding hydrogens is 412 g/mol. The van der Waals surface area contributed by atoms with E-state index in [1.165, 1.54) is 25.7 Å². The molecule has 4 rings (SSSR count). The smallest absolute Gasteiger partial charge is 0.255 e. The number of fused-ring (bicyclic) bond motifs is 1. The zero-order valence-electron chi connectivity index (χ0n) is 19.3. The van der Waals surface area contributed by atoms with Crippen molar-refractivity contribution < 1.29 is 13.9 Å². The lowest BCUT2D eigenvalue weighted by Crippen LogP contribution is -2.11. The molecule has 4 aromatic rings. The number of carbonyl (C=O) groups excluding carboxylic acids is 1. The third-order valence-electron chi connectivity index (χ3n) is 5.54. The van der Waals surface area contributed by atoms with Crippen LogP contribution < -0.4 is 10.1 Å². The Balaban J connectivity index is 1.36. The van der Waals surface area contributed by atoms with Crippen LogP contribution in [0, 0.1) is 6.92 Å². The summed E-state index contributed by atoms with van der Waals surface area (Å²) in [5.74, 6) is 1.14. The maximum Gasteiger partial charge on any atom is 0.255 e. The van der Waals surface area contributed by atoms with Gasteiger partial charge in [0.15, 0.2) is 5.58 Å². The third kappa shape index (κ3) is 6.01. The molecule has 0 saturated carbocycles. The summed E-state index contributed by atoms with van der Waals surface area (Å²) in [7, 11) is 0. The van der Waals surface area contributed by atoms with Gasteiger partial charge < -0.3 is 14.5 Å². The first kappa shape index (κ1) is 22.6. The molecule has 0 fully saturated rings. The van der Waals surface area contributed by atoms with E-state index in [1.54, 1.807) is 12.1 Å². The Labute approximate surface area is 194 Å². The van der Waals surface area contributed by atoms with Crippen LogP contribution in [0.5, 0.6) is 5.75 Å². The number of hydrogen-bond donors (Lipinski definition) is 1. The molecule has 1 N–H and O–H groups in total. The number of aromatic nitrogens is 1. The molecule has 0 aliphatic rings. The predicted molar refractivity (Wildman–Crippen MR) is 133 cm³/mol. The molecule has 1 heterocycles. The van der Waals surface area contributed by atoms with E-state index in [0.717, 1.165) is 34.4 Å². The summed E-state index contributed by atoms with van der Waals surface area (Å²) in [5, 5.41) is 2.95. The maximum absolute atomic E-state index is 12.7. The molecule has 0 unspecified atom stereocenters. The van der Waals surface area contributed by atoms with Gasteiger partial charge in [-0.1, -0.05) is 44.7 Å². The summed E-state index contributed by atoms with van der Waals surface area (Å²) in [5.41, 5.74) is 4.77. The van der Waals surface area contributed by atoms with Gasteiger partial charge in [-0.05, 0) is 73.5 Å². The Kier molecular flexibility index (Phi) is 7.40. The van der Waals surface area contributed by atoms with Crippen molar-refractivity contribution >= 4 is 22.7 Å². The van der Waals surface area contributed by atoms with Gasteiger partial charge in [0, 0.05) is 16.8 Å². The van der Waals surface area contributed by atoms with Crippen LogP contribution in [0.15, 0.2) is 71.1 Å². The second-order valence-electron chi connectivity index (χ2n) is 8.31. The number of oxazole rings is 1. The highest BCUT2D eigenvalue weighted by molar-refractivity contribution is 6.04. The van der Waals surface area contributed by atoms with Gasteiger partial charge in [-0.15, -0.1) is 0 Å². The second-order valence-corrected chi connectivity index (χ2v) is 8.31. The number of nitrogens with one attached hydrogen (secondary N) is 1. The van der Waals surface area contributed by atoms with Gasteiger partial charge in [0.25, 0.3) is 5.91 Å². The van der Waals surface area contributed by atoms with Gasteiger partial charge in [0.05, 0.1) is 6.61 Å². The number of hydrogen-bond acceptors (Lipinski definition) is 4. The highest BCUT2D eigenvalue weighted by Gasteiger charge is 2.11. The number of aryl methyl sites for hydroxylation is 1. The van der Waals surface area contributed by atoms with Crippen LogP contribution >= 0.6 is 0 Å². The van der Waals surface area contributed by atoms with Gasteiger partial charge in [0.1, 0.15) is 11.3 Å². The number of amides is 1. The van der Waals surface area contributed by atoms with Crippen LogP contribution in [0.25, 0.3) is 22.6 Å². The number of benzene rings is 3. The fraction of sp³-hybridized carbons (Fsp3) is 0.286. The fourth-order valence-electron chi connectivity index (χ4n) is 3.69. The van der Waals surface area contributed by atoms with Crippen molar-refractivity contribution in [3.8, 4) is 17.2 Å². The molecule has 0 aliphatic heterocycles. The zero-order valence-corrected chi connectivity index (χ0v) is 19.3. The van der Waals surface area contributed by atoms with Crippen LogP contribution in [-0.2, 0) is 0 Å². The molecule has 5 heteroatoms. The molecular formula is C28H30N2O3. The van der Waals surface area contributed by atoms with Crippen molar-refractivity contribution in [2.45, 2.75) is 46.0 Å². The molecule has 3 aromatic carbocycles. The molecule has 1 aromatic heterocycles. The van der Waals surface area contributed by atoms with E-state index in [1.807, 2.05) is 61.5 Å². The second kappa shape index (κ2) is 10.8. The van der Waals surface area contributed by atoms with E-state index in [0.29, 0.717) is 23.7 Å². The summed E-state index contributed by atoms with van der Waals surface area (Å²) in [6.45, 7) is 4.94. The summed E-state index contributed by atoms with van der Waals surface area (Å²) in [4.78, 5) is 17.3. The first-order valence-electron chi connectivity index (χ1n) is 11.6. The van der Waals surface area contributed by atoms with Crippen molar-refractivity contribution in [3.63, 3.8) is 0 Å². The predicted octanol–water partition coefficient (Wildman–Crippen LogP) is 7.40. The van der Waals surface area contributed by atoms with Gasteiger partial charge >= 0.3 is 0 Å². The number of anilines is 1. The minimum absolute atomic E-state index is 0.175. The van der Waals surface area contributed by atoms with E-state index in [9.17, 15) is 4.79 Å². The highest BCUT2D eigenvalue weighted by Crippen LogP contribution is 2.27. The zero-order chi connectivity index (χ0) is 23.0. The van der Waals surface area contributed by atoms with Crippen molar-refractivity contribution in [3.05, 3.63) is 77.9 Å². The summed E-state index contributed by atoms with van der Waals surface area (Å²) < 4.78 is 11.7. The van der Waals surface area contributed by atoms with Crippen molar-refractivity contribution in [1.82, 2.24) is 4.98 Å². The van der Waals surface area contributed by atoms with Crippen molar-refractivity contribution in [2.75, 3.05) is 11.9 Å². The molecule has 0 atom stereocenters. The molecule has 33 heavy (non-hydrogen) atoms. The molecule has 0 aliphatic carbocycles. The number of carbonyl (C=O) groups is 1. The summed E-state index contributed by atoms with van der Waals surface area (Å²) in [6, 6.07) is 20.7. The summed E-state index contributed by atoms with van der Waals surface area (Å²) in [6.07, 6.45) is 6.02. The maximum atomic E-state index is 12.7. The van der Waals surface area contributed by atoms with Gasteiger partial charge in [-0.2, -0.15) is 0 Å². The monoisotopic (exact) mass is 442 g/mol. The largest absolute Gasteiger partial charge is 0.494 e. The lowest BCUT2D eigenvalue weighted by molar-refractivity contribution is 0.102. The van der Waals surface area contributed by atoms with Crippen LogP contribution in [-0.4, -0.2) is 17.5 Å². The van der Waals surface area contributed by atoms with Crippen LogP contribution in [0.3, 0.4) is 0 Å². The Morgan fingerprint density at radius 3 is 2.61 bits per heavy atom. The minimum atomic E-state index is -0.175. The molecule has 5 nitrogen and oxygen atoms in total. The van der Waals surface area contributed by atoms with Crippen LogP contribution in [0.1, 0.15) is 54.9 Å². The first-order valence-corrected chi connectivity index (χ1v) is 11.6. The molecule has 0 spiro atoms. The van der Waals surface area contributed by atoms with E-state index >= 15 is 0 Å². The number of unbranched alkanes of at least 4 members (excludes halogenated alkanes) is 4. The minimum Gasteiger partial charge on any atom is -0.494 e. The van der Waals surface area contributed by atoms with Gasteiger partial charge in [-0.25, -0.2) is 4.98 Å². The molecule has 0 saturated heterocycles. The molecule has 1 amide bonds. The van der Waals surface area contributed by atoms with Gasteiger partial charge in [0.2, 0.25) is 5.89 Å². The van der Waals surface area contributed by atoms with Crippen LogP contribution in [0.4, 0.5) is 5.69 Å². The number of ether oxygens (including phenoxy) is 1. The van der Waals surface area contributed by atoms with Gasteiger partial charge in [-0.3, -0.25) is 4.79 Å². The SMILES string of the molecule is CCCCCCCOc1ccc(C(=O)Nc2cccc(-c3nc4cc(C)ccc4o3)c2)cc1. The normalized spacial score (nSPS) is 11.0. The average Bonchev–Trinajstić information content (AvgIpc) is 3.25. The van der Waals surface area contributed by atoms with E-state index in [2.05, 4.69) is 17.2 Å². The Bertz CT molecular complexity index is 1210. The van der Waals surface area contributed by atoms with E-state index < -0.39 is 0 Å². The first-order chi connectivity index (χ1) is 16.1. The van der Waals surface area contributed by atoms with E-state index in [4.69, 9.17) is 9.15 Å². The Morgan fingerprint density at radius 2 is 1.79 bits per heavy atom. The van der Waals surface area contributed by atoms with Crippen LogP contribution in [0.2, 0.25) is 0 Å². The molecule has 0 bridgehead atoms. The average molecular weight is 443 g/mol. The van der Waals surface area contributed by atoms with Crippen molar-refractivity contribution in [2.24, 2.45) is 0 Å². The Hall–Kier alpha value is -3.60. The number of nitrogens with zero attached hydrogens (tertiary/aromatic N) is 1. The highest BCUT2D eigenvalue weighted by atomic mass is 16.5. The Morgan fingerprint density at radius 1 is 0.970 bits per heavy atom.